The summed E-state index contributed by atoms with van der Waals surface area (Å²) in [7, 11) is 0. The van der Waals surface area contributed by atoms with Crippen LogP contribution in [0.15, 0.2) is 35.1 Å². The molecule has 1 fully saturated rings. The first-order chi connectivity index (χ1) is 10.7. The van der Waals surface area contributed by atoms with Gasteiger partial charge in [0, 0.05) is 24.4 Å². The molecule has 2 aromatic rings. The van der Waals surface area contributed by atoms with Crippen LogP contribution in [0.5, 0.6) is 0 Å². The Kier molecular flexibility index (Phi) is 4.58. The summed E-state index contributed by atoms with van der Waals surface area (Å²) >= 11 is 0. The number of carbonyl (C=O) groups is 1. The van der Waals surface area contributed by atoms with Crippen LogP contribution in [0.1, 0.15) is 43.2 Å². The van der Waals surface area contributed by atoms with Crippen molar-refractivity contribution in [2.75, 3.05) is 19.6 Å². The summed E-state index contributed by atoms with van der Waals surface area (Å²) < 4.78 is 5.31. The summed E-state index contributed by atoms with van der Waals surface area (Å²) in [5.74, 6) is 1.25. The van der Waals surface area contributed by atoms with Crippen molar-refractivity contribution in [3.63, 3.8) is 0 Å². The fourth-order valence-corrected chi connectivity index (χ4v) is 3.05. The molecular formula is C16H22N4O2. The molecule has 0 unspecified atom stereocenters. The molecule has 1 aliphatic heterocycles. The van der Waals surface area contributed by atoms with E-state index >= 15 is 0 Å². The van der Waals surface area contributed by atoms with Gasteiger partial charge in [-0.25, -0.2) is 0 Å². The Morgan fingerprint density at radius 3 is 3.23 bits per heavy atom. The molecule has 6 heteroatoms. The van der Waals surface area contributed by atoms with Crippen molar-refractivity contribution in [2.45, 2.75) is 31.7 Å². The minimum absolute atomic E-state index is 0.0363. The largest absolute Gasteiger partial charge is 0.467 e. The molecule has 1 aliphatic rings. The lowest BCUT2D eigenvalue weighted by Gasteiger charge is -2.31. The zero-order chi connectivity index (χ0) is 15.4. The van der Waals surface area contributed by atoms with Crippen LogP contribution in [0.25, 0.3) is 0 Å². The Morgan fingerprint density at radius 2 is 2.50 bits per heavy atom. The Bertz CT molecular complexity index is 579. The van der Waals surface area contributed by atoms with Crippen LogP contribution in [0.2, 0.25) is 0 Å². The van der Waals surface area contributed by atoms with Gasteiger partial charge in [0.05, 0.1) is 18.8 Å². The number of hydrogen-bond donors (Lipinski definition) is 2. The number of H-pyrrole nitrogens is 1. The van der Waals surface area contributed by atoms with E-state index < -0.39 is 0 Å². The summed E-state index contributed by atoms with van der Waals surface area (Å²) in [5.41, 5.74) is 1.16. The highest BCUT2D eigenvalue weighted by molar-refractivity contribution is 5.78. The van der Waals surface area contributed by atoms with E-state index in [9.17, 15) is 4.79 Å². The van der Waals surface area contributed by atoms with Crippen LogP contribution >= 0.6 is 0 Å². The molecule has 3 rings (SSSR count). The van der Waals surface area contributed by atoms with Gasteiger partial charge in [0.15, 0.2) is 0 Å². The topological polar surface area (TPSA) is 74.2 Å². The highest BCUT2D eigenvalue weighted by Crippen LogP contribution is 2.25. The number of furan rings is 1. The molecule has 0 aliphatic carbocycles. The Labute approximate surface area is 129 Å². The second kappa shape index (κ2) is 6.79. The number of nitrogens with zero attached hydrogens (tertiary/aromatic N) is 2. The maximum atomic E-state index is 12.2. The third-order valence-corrected chi connectivity index (χ3v) is 4.18. The van der Waals surface area contributed by atoms with Crippen molar-refractivity contribution in [2.24, 2.45) is 0 Å². The highest BCUT2D eigenvalue weighted by atomic mass is 16.3. The lowest BCUT2D eigenvalue weighted by molar-refractivity contribution is -0.123. The third kappa shape index (κ3) is 3.57. The summed E-state index contributed by atoms with van der Waals surface area (Å²) in [6.07, 6.45) is 5.65. The van der Waals surface area contributed by atoms with Crippen LogP contribution in [-0.4, -0.2) is 40.6 Å². The number of carbonyl (C=O) groups excluding carboxylic acids is 1. The molecule has 0 aromatic carbocycles. The van der Waals surface area contributed by atoms with E-state index in [1.807, 2.05) is 25.1 Å². The van der Waals surface area contributed by atoms with Crippen molar-refractivity contribution < 1.29 is 9.21 Å². The van der Waals surface area contributed by atoms with Crippen LogP contribution in [0.4, 0.5) is 0 Å². The number of aromatic amines is 1. The third-order valence-electron chi connectivity index (χ3n) is 4.18. The molecule has 1 saturated heterocycles. The van der Waals surface area contributed by atoms with Gasteiger partial charge >= 0.3 is 0 Å². The van der Waals surface area contributed by atoms with Crippen LogP contribution in [-0.2, 0) is 4.79 Å². The molecule has 0 spiro atoms. The molecule has 2 N–H and O–H groups in total. The van der Waals surface area contributed by atoms with E-state index in [-0.39, 0.29) is 11.9 Å². The maximum Gasteiger partial charge on any atom is 0.234 e. The normalized spacial score (nSPS) is 20.7. The van der Waals surface area contributed by atoms with Crippen LogP contribution in [0, 0.1) is 0 Å². The van der Waals surface area contributed by atoms with Gasteiger partial charge in [-0.05, 0) is 44.5 Å². The molecule has 118 valence electrons. The number of aromatic nitrogens is 2. The van der Waals surface area contributed by atoms with Gasteiger partial charge in [-0.15, -0.1) is 0 Å². The van der Waals surface area contributed by atoms with Crippen molar-refractivity contribution in [1.29, 1.82) is 0 Å². The average Bonchev–Trinajstić information content (AvgIpc) is 3.21. The number of hydrogen-bond acceptors (Lipinski definition) is 4. The summed E-state index contributed by atoms with van der Waals surface area (Å²) in [6.45, 7) is 4.22. The van der Waals surface area contributed by atoms with E-state index in [0.717, 1.165) is 37.4 Å². The Hall–Kier alpha value is -2.08. The van der Waals surface area contributed by atoms with E-state index in [4.69, 9.17) is 4.42 Å². The minimum Gasteiger partial charge on any atom is -0.467 e. The summed E-state index contributed by atoms with van der Waals surface area (Å²) in [5, 5.41) is 10.0. The van der Waals surface area contributed by atoms with Crippen LogP contribution < -0.4 is 5.32 Å². The molecule has 2 aromatic heterocycles. The quantitative estimate of drug-likeness (QED) is 0.886. The lowest BCUT2D eigenvalue weighted by atomic mass is 9.95. The molecule has 0 bridgehead atoms. The number of amides is 1. The first-order valence-corrected chi connectivity index (χ1v) is 7.77. The first-order valence-electron chi connectivity index (χ1n) is 7.77. The molecular weight excluding hydrogens is 280 g/mol. The lowest BCUT2D eigenvalue weighted by Crippen LogP contribution is -2.42. The smallest absolute Gasteiger partial charge is 0.234 e. The zero-order valence-corrected chi connectivity index (χ0v) is 12.8. The second-order valence-corrected chi connectivity index (χ2v) is 5.89. The van der Waals surface area contributed by atoms with Gasteiger partial charge in [-0.2, -0.15) is 5.10 Å². The minimum atomic E-state index is -0.101. The van der Waals surface area contributed by atoms with Crippen molar-refractivity contribution in [3.05, 3.63) is 42.1 Å². The SMILES string of the molecule is C[C@H](NC(=O)CN1CCC[C@H](c2ccn[nH]2)C1)c1ccco1. The van der Waals surface area contributed by atoms with Gasteiger partial charge in [-0.3, -0.25) is 14.8 Å². The van der Waals surface area contributed by atoms with Gasteiger partial charge in [0.25, 0.3) is 0 Å². The average molecular weight is 302 g/mol. The predicted molar refractivity (Wildman–Crippen MR) is 82.3 cm³/mol. The van der Waals surface area contributed by atoms with Crippen LogP contribution in [0.3, 0.4) is 0 Å². The Balaban J connectivity index is 1.51. The fourth-order valence-electron chi connectivity index (χ4n) is 3.05. The highest BCUT2D eigenvalue weighted by Gasteiger charge is 2.24. The van der Waals surface area contributed by atoms with E-state index in [2.05, 4.69) is 20.4 Å². The van der Waals surface area contributed by atoms with Gasteiger partial charge in [0.1, 0.15) is 5.76 Å². The molecule has 0 radical (unpaired) electrons. The second-order valence-electron chi connectivity index (χ2n) is 5.89. The number of rotatable bonds is 5. The van der Waals surface area contributed by atoms with Crippen molar-refractivity contribution in [1.82, 2.24) is 20.4 Å². The monoisotopic (exact) mass is 302 g/mol. The van der Waals surface area contributed by atoms with Crippen molar-refractivity contribution >= 4 is 5.91 Å². The van der Waals surface area contributed by atoms with Crippen molar-refractivity contribution in [3.8, 4) is 0 Å². The fraction of sp³-hybridized carbons (Fsp3) is 0.500. The maximum absolute atomic E-state index is 12.2. The standard InChI is InChI=1S/C16H22N4O2/c1-12(15-5-3-9-22-15)18-16(21)11-20-8-2-4-13(10-20)14-6-7-17-19-14/h3,5-7,9,12-13H,2,4,8,10-11H2,1H3,(H,17,19)(H,18,21)/t12-,13-/m0/s1. The summed E-state index contributed by atoms with van der Waals surface area (Å²) in [4.78, 5) is 14.4. The van der Waals surface area contributed by atoms with Gasteiger partial charge in [-0.1, -0.05) is 0 Å². The predicted octanol–water partition coefficient (Wildman–Crippen LogP) is 2.06. The summed E-state index contributed by atoms with van der Waals surface area (Å²) in [6, 6.07) is 5.63. The number of nitrogens with one attached hydrogen (secondary N) is 2. The molecule has 3 heterocycles. The van der Waals surface area contributed by atoms with E-state index in [1.54, 1.807) is 12.5 Å². The Morgan fingerprint density at radius 1 is 1.59 bits per heavy atom. The molecule has 6 nitrogen and oxygen atoms in total. The number of piperidine rings is 1. The number of likely N-dealkylation sites (tertiary alicyclic amines) is 1. The zero-order valence-electron chi connectivity index (χ0n) is 12.8. The molecule has 1 amide bonds. The first kappa shape index (κ1) is 14.8. The molecule has 2 atom stereocenters. The molecule has 22 heavy (non-hydrogen) atoms. The van der Waals surface area contributed by atoms with Gasteiger partial charge < -0.3 is 9.73 Å². The molecule has 0 saturated carbocycles. The van der Waals surface area contributed by atoms with Gasteiger partial charge in [0.2, 0.25) is 5.91 Å². The van der Waals surface area contributed by atoms with E-state index in [0.29, 0.717) is 12.5 Å². The van der Waals surface area contributed by atoms with E-state index in [1.165, 1.54) is 0 Å².